The van der Waals surface area contributed by atoms with Crippen LogP contribution in [0.2, 0.25) is 0 Å². The summed E-state index contributed by atoms with van der Waals surface area (Å²) >= 11 is 0. The molecule has 0 bridgehead atoms. The van der Waals surface area contributed by atoms with Crippen LogP contribution in [-0.4, -0.2) is 56.5 Å². The quantitative estimate of drug-likeness (QED) is 0.330. The number of aromatic amines is 1. The zero-order valence-electron chi connectivity index (χ0n) is 9.68. The van der Waals surface area contributed by atoms with E-state index in [4.69, 9.17) is 26.0 Å². The van der Waals surface area contributed by atoms with Crippen LogP contribution < -0.4 is 21.8 Å². The zero-order chi connectivity index (χ0) is 14.2. The molecule has 4 atom stereocenters. The van der Waals surface area contributed by atoms with Crippen molar-refractivity contribution >= 4 is 11.8 Å². The lowest BCUT2D eigenvalue weighted by Crippen LogP contribution is -2.36. The fourth-order valence-electron chi connectivity index (χ4n) is 1.69. The molecule has 0 amide bonds. The molecule has 2 rings (SSSR count). The highest BCUT2D eigenvalue weighted by atomic mass is 16.7. The highest BCUT2D eigenvalue weighted by Gasteiger charge is 2.44. The van der Waals surface area contributed by atoms with Gasteiger partial charge in [-0.25, -0.2) is 0 Å². The Hall–Kier alpha value is -1.88. The molecule has 8 N–H and O–H groups in total. The summed E-state index contributed by atoms with van der Waals surface area (Å²) in [5, 5.41) is 28.1. The van der Waals surface area contributed by atoms with Gasteiger partial charge in [0.05, 0.1) is 6.61 Å². The summed E-state index contributed by atoms with van der Waals surface area (Å²) in [5.74, 6) is -0.848. The standard InChI is InChI=1S/C9H14N4O6/c10-6-5(7(17)13-9(11)12-6)19-8-4(16)3(15)2(1-14)18-8/h2-4,8,14-16H,1H2,(H5,10,11,12,13,17)/t2-,3-,4+,8+/m1/s1. The Labute approximate surface area is 106 Å². The van der Waals surface area contributed by atoms with Crippen molar-refractivity contribution in [3.63, 3.8) is 0 Å². The van der Waals surface area contributed by atoms with Crippen LogP contribution in [0.3, 0.4) is 0 Å². The summed E-state index contributed by atoms with van der Waals surface area (Å²) in [7, 11) is 0. The third kappa shape index (κ3) is 2.46. The molecule has 0 saturated carbocycles. The average molecular weight is 274 g/mol. The van der Waals surface area contributed by atoms with Crippen molar-refractivity contribution in [2.75, 3.05) is 18.1 Å². The molecule has 10 heteroatoms. The number of aliphatic hydroxyl groups excluding tert-OH is 3. The van der Waals surface area contributed by atoms with Gasteiger partial charge in [0.25, 0.3) is 5.56 Å². The molecule has 1 aliphatic heterocycles. The Bertz CT molecular complexity index is 520. The lowest BCUT2D eigenvalue weighted by Gasteiger charge is -2.16. The lowest BCUT2D eigenvalue weighted by molar-refractivity contribution is -0.116. The van der Waals surface area contributed by atoms with E-state index >= 15 is 0 Å². The Morgan fingerprint density at radius 2 is 2.05 bits per heavy atom. The van der Waals surface area contributed by atoms with Crippen LogP contribution in [0, 0.1) is 0 Å². The molecule has 2 heterocycles. The van der Waals surface area contributed by atoms with Crippen molar-refractivity contribution < 1.29 is 24.8 Å². The molecular formula is C9H14N4O6. The summed E-state index contributed by atoms with van der Waals surface area (Å²) in [6.07, 6.45) is -5.13. The second-order valence-electron chi connectivity index (χ2n) is 3.99. The number of rotatable bonds is 3. The van der Waals surface area contributed by atoms with E-state index < -0.39 is 36.8 Å². The summed E-state index contributed by atoms with van der Waals surface area (Å²) in [4.78, 5) is 17.3. The molecule has 0 spiro atoms. The third-order valence-electron chi connectivity index (χ3n) is 2.65. The number of hydrogen-bond acceptors (Lipinski definition) is 9. The highest BCUT2D eigenvalue weighted by Crippen LogP contribution is 2.24. The number of H-pyrrole nitrogens is 1. The van der Waals surface area contributed by atoms with Crippen molar-refractivity contribution in [1.82, 2.24) is 9.97 Å². The molecule has 0 aromatic carbocycles. The van der Waals surface area contributed by atoms with Crippen molar-refractivity contribution in [2.45, 2.75) is 24.6 Å². The van der Waals surface area contributed by atoms with E-state index in [9.17, 15) is 15.0 Å². The van der Waals surface area contributed by atoms with Gasteiger partial charge in [0.15, 0.2) is 5.82 Å². The zero-order valence-corrected chi connectivity index (χ0v) is 9.68. The number of nitrogens with two attached hydrogens (primary N) is 2. The number of ether oxygens (including phenoxy) is 2. The largest absolute Gasteiger partial charge is 0.452 e. The van der Waals surface area contributed by atoms with Gasteiger partial charge >= 0.3 is 0 Å². The fraction of sp³-hybridized carbons (Fsp3) is 0.556. The molecule has 106 valence electrons. The maximum Gasteiger partial charge on any atom is 0.297 e. The summed E-state index contributed by atoms with van der Waals surface area (Å²) in [6, 6.07) is 0. The summed E-state index contributed by atoms with van der Waals surface area (Å²) in [5.41, 5.74) is 9.99. The number of nitrogens with zero attached hydrogens (tertiary/aromatic N) is 1. The number of aromatic nitrogens is 2. The Morgan fingerprint density at radius 3 is 2.58 bits per heavy atom. The van der Waals surface area contributed by atoms with E-state index in [0.717, 1.165) is 0 Å². The molecule has 0 unspecified atom stereocenters. The first-order valence-corrected chi connectivity index (χ1v) is 5.38. The molecule has 1 aromatic heterocycles. The molecule has 10 nitrogen and oxygen atoms in total. The van der Waals surface area contributed by atoms with Crippen molar-refractivity contribution in [3.05, 3.63) is 10.4 Å². The fourth-order valence-corrected chi connectivity index (χ4v) is 1.69. The molecule has 1 aromatic rings. The smallest absolute Gasteiger partial charge is 0.297 e. The number of hydrogen-bond donors (Lipinski definition) is 6. The maximum atomic E-state index is 11.6. The van der Waals surface area contributed by atoms with E-state index in [1.807, 2.05) is 0 Å². The predicted octanol–water partition coefficient (Wildman–Crippen LogP) is -3.25. The van der Waals surface area contributed by atoms with E-state index in [0.29, 0.717) is 0 Å². The summed E-state index contributed by atoms with van der Waals surface area (Å²) in [6.45, 7) is -0.510. The second-order valence-corrected chi connectivity index (χ2v) is 3.99. The highest BCUT2D eigenvalue weighted by molar-refractivity contribution is 5.46. The van der Waals surface area contributed by atoms with Crippen LogP contribution in [0.4, 0.5) is 11.8 Å². The first kappa shape index (κ1) is 13.5. The minimum absolute atomic E-state index is 0.184. The van der Waals surface area contributed by atoms with E-state index in [2.05, 4.69) is 9.97 Å². The Morgan fingerprint density at radius 1 is 1.37 bits per heavy atom. The number of aliphatic hydroxyl groups is 3. The van der Waals surface area contributed by atoms with Gasteiger partial charge < -0.3 is 36.3 Å². The van der Waals surface area contributed by atoms with Crippen molar-refractivity contribution in [3.8, 4) is 5.75 Å². The Balaban J connectivity index is 2.21. The van der Waals surface area contributed by atoms with Crippen LogP contribution in [-0.2, 0) is 4.74 Å². The van der Waals surface area contributed by atoms with E-state index in [1.165, 1.54) is 0 Å². The minimum atomic E-state index is -1.44. The monoisotopic (exact) mass is 274 g/mol. The van der Waals surface area contributed by atoms with Crippen LogP contribution in [0.5, 0.6) is 5.75 Å². The second kappa shape index (κ2) is 5.01. The van der Waals surface area contributed by atoms with Gasteiger partial charge in [0, 0.05) is 0 Å². The normalized spacial score (nSPS) is 30.5. The topological polar surface area (TPSA) is 177 Å². The first-order valence-electron chi connectivity index (χ1n) is 5.38. The number of nitrogens with one attached hydrogen (secondary N) is 1. The number of anilines is 2. The Kier molecular flexibility index (Phi) is 3.57. The van der Waals surface area contributed by atoms with Crippen LogP contribution in [0.1, 0.15) is 0 Å². The van der Waals surface area contributed by atoms with Crippen LogP contribution in [0.25, 0.3) is 0 Å². The van der Waals surface area contributed by atoms with Crippen molar-refractivity contribution in [1.29, 1.82) is 0 Å². The van der Waals surface area contributed by atoms with Gasteiger partial charge in [-0.15, -0.1) is 0 Å². The molecule has 0 radical (unpaired) electrons. The first-order chi connectivity index (χ1) is 8.93. The SMILES string of the molecule is Nc1nc(N)c(O[C@@H]2O[C@H](CO)[C@@H](O)[C@@H]2O)c(=O)[nH]1. The number of nitrogen functional groups attached to an aromatic ring is 2. The maximum absolute atomic E-state index is 11.6. The van der Waals surface area contributed by atoms with Gasteiger partial charge in [0.1, 0.15) is 18.3 Å². The van der Waals surface area contributed by atoms with E-state index in [-0.39, 0.29) is 17.5 Å². The van der Waals surface area contributed by atoms with Crippen LogP contribution in [0.15, 0.2) is 4.79 Å². The molecule has 1 saturated heterocycles. The molecule has 1 aliphatic rings. The molecule has 19 heavy (non-hydrogen) atoms. The van der Waals surface area contributed by atoms with E-state index in [1.54, 1.807) is 0 Å². The van der Waals surface area contributed by atoms with Crippen molar-refractivity contribution in [2.24, 2.45) is 0 Å². The van der Waals surface area contributed by atoms with Crippen LogP contribution >= 0.6 is 0 Å². The van der Waals surface area contributed by atoms with Gasteiger partial charge in [-0.05, 0) is 0 Å². The van der Waals surface area contributed by atoms with Gasteiger partial charge in [-0.2, -0.15) is 4.98 Å². The molecular weight excluding hydrogens is 260 g/mol. The van der Waals surface area contributed by atoms with Gasteiger partial charge in [-0.1, -0.05) is 0 Å². The summed E-state index contributed by atoms with van der Waals surface area (Å²) < 4.78 is 10.1. The molecule has 1 fully saturated rings. The average Bonchev–Trinajstić information content (AvgIpc) is 2.61. The van der Waals surface area contributed by atoms with Gasteiger partial charge in [0.2, 0.25) is 18.0 Å². The lowest BCUT2D eigenvalue weighted by atomic mass is 10.1. The predicted molar refractivity (Wildman–Crippen MR) is 62.1 cm³/mol. The van der Waals surface area contributed by atoms with Gasteiger partial charge in [-0.3, -0.25) is 9.78 Å². The third-order valence-corrected chi connectivity index (χ3v) is 2.65. The minimum Gasteiger partial charge on any atom is -0.452 e. The molecule has 0 aliphatic carbocycles.